The van der Waals surface area contributed by atoms with Crippen molar-refractivity contribution in [3.05, 3.63) is 84.2 Å². The number of ether oxygens (including phenoxy) is 1. The van der Waals surface area contributed by atoms with Gasteiger partial charge in [-0.25, -0.2) is 4.79 Å². The Kier molecular flexibility index (Phi) is 7.78. The maximum Gasteiger partial charge on any atom is 0.321 e. The summed E-state index contributed by atoms with van der Waals surface area (Å²) >= 11 is 0. The maximum atomic E-state index is 14.2. The fourth-order valence-electron chi connectivity index (χ4n) is 8.00. The second-order valence-electron chi connectivity index (χ2n) is 14.0. The van der Waals surface area contributed by atoms with E-state index in [0.29, 0.717) is 31.9 Å². The predicted molar refractivity (Wildman–Crippen MR) is 173 cm³/mol. The number of likely N-dealkylation sites (tertiary alicyclic amines) is 1. The third kappa shape index (κ3) is 5.64. The molecular formula is C35H41N7O5. The summed E-state index contributed by atoms with van der Waals surface area (Å²) in [5.41, 5.74) is 1.53. The van der Waals surface area contributed by atoms with Crippen molar-refractivity contribution in [1.29, 1.82) is 0 Å². The SMILES string of the molecule is CNC(=O)[C@H]1NC(=O)[C@H]2CN(C(=O)Nc3cnn(Cc4ccccc4)c3)CC23CN(C3)C(=O)[C@H]2C([C@H]1OCc1ccccc1)C2(C)C. The highest BCUT2D eigenvalue weighted by Crippen LogP contribution is 2.63. The number of aromatic nitrogens is 2. The molecule has 1 aliphatic carbocycles. The molecule has 1 saturated carbocycles. The number of nitrogens with zero attached hydrogens (tertiary/aromatic N) is 4. The van der Waals surface area contributed by atoms with Gasteiger partial charge in [-0.05, 0) is 16.5 Å². The van der Waals surface area contributed by atoms with Crippen LogP contribution in [0.2, 0.25) is 0 Å². The fourth-order valence-corrected chi connectivity index (χ4v) is 8.00. The first kappa shape index (κ1) is 30.9. The van der Waals surface area contributed by atoms with Crippen LogP contribution >= 0.6 is 0 Å². The Bertz CT molecular complexity index is 1670. The van der Waals surface area contributed by atoms with Crippen LogP contribution in [0.25, 0.3) is 0 Å². The lowest BCUT2D eigenvalue weighted by atomic mass is 9.71. The van der Waals surface area contributed by atoms with Crippen LogP contribution < -0.4 is 16.0 Å². The lowest BCUT2D eigenvalue weighted by molar-refractivity contribution is -0.151. The van der Waals surface area contributed by atoms with Crippen molar-refractivity contribution in [3.8, 4) is 0 Å². The van der Waals surface area contributed by atoms with E-state index in [9.17, 15) is 19.2 Å². The van der Waals surface area contributed by atoms with E-state index >= 15 is 0 Å². The standard InChI is InChI=1S/C35H41N7O5/c1-34(2)26-27(34)32(45)41-20-35(21-41)19-40(33(46)38-24-14-37-42(16-24)15-22-10-6-4-7-11-22)17-25(35)30(43)39-28(31(44)36-3)29(26)47-18-23-12-8-5-9-13-23/h4-14,16,25-29H,15,17-21H2,1-3H3,(H,36,44)(H,38,46)(H,39,43)/t25-,26?,27-,28+,29-/m1/s1. The van der Waals surface area contributed by atoms with Gasteiger partial charge in [0.15, 0.2) is 0 Å². The Morgan fingerprint density at radius 3 is 2.36 bits per heavy atom. The first-order valence-corrected chi connectivity index (χ1v) is 16.2. The van der Waals surface area contributed by atoms with Gasteiger partial charge < -0.3 is 30.5 Å². The van der Waals surface area contributed by atoms with Crippen LogP contribution in [0.15, 0.2) is 73.1 Å². The molecule has 5 heterocycles. The van der Waals surface area contributed by atoms with Crippen molar-refractivity contribution in [1.82, 2.24) is 30.2 Å². The molecule has 2 aromatic carbocycles. The van der Waals surface area contributed by atoms with Crippen LogP contribution in [0.5, 0.6) is 0 Å². The highest BCUT2D eigenvalue weighted by Gasteiger charge is 2.70. The molecule has 5 fully saturated rings. The summed E-state index contributed by atoms with van der Waals surface area (Å²) in [6.07, 6.45) is 2.64. The quantitative estimate of drug-likeness (QED) is 0.363. The van der Waals surface area contributed by atoms with Crippen molar-refractivity contribution >= 4 is 29.4 Å². The highest BCUT2D eigenvalue weighted by molar-refractivity contribution is 5.93. The number of rotatable bonds is 7. The van der Waals surface area contributed by atoms with Gasteiger partial charge in [-0.2, -0.15) is 5.10 Å². The minimum atomic E-state index is -1.01. The molecule has 12 heteroatoms. The Labute approximate surface area is 273 Å². The summed E-state index contributed by atoms with van der Waals surface area (Å²) in [5, 5.41) is 13.1. The number of anilines is 1. The molecule has 47 heavy (non-hydrogen) atoms. The van der Waals surface area contributed by atoms with Crippen molar-refractivity contribution in [2.45, 2.75) is 39.1 Å². The summed E-state index contributed by atoms with van der Waals surface area (Å²) in [7, 11) is 1.53. The summed E-state index contributed by atoms with van der Waals surface area (Å²) in [6, 6.07) is 18.2. The van der Waals surface area contributed by atoms with E-state index in [-0.39, 0.29) is 48.7 Å². The zero-order chi connectivity index (χ0) is 32.9. The van der Waals surface area contributed by atoms with Crippen LogP contribution in [0.1, 0.15) is 25.0 Å². The van der Waals surface area contributed by atoms with Crippen molar-refractivity contribution < 1.29 is 23.9 Å². The van der Waals surface area contributed by atoms with Gasteiger partial charge in [0.2, 0.25) is 17.7 Å². The largest absolute Gasteiger partial charge is 0.371 e. The van der Waals surface area contributed by atoms with Gasteiger partial charge in [0.05, 0.1) is 37.1 Å². The number of likely N-dealkylation sites (N-methyl/N-ethyl adjacent to an activating group) is 1. The molecule has 4 saturated heterocycles. The maximum absolute atomic E-state index is 14.2. The summed E-state index contributed by atoms with van der Waals surface area (Å²) in [4.78, 5) is 58.5. The molecule has 1 aromatic heterocycles. The second-order valence-corrected chi connectivity index (χ2v) is 14.0. The number of carbonyl (C=O) groups is 4. The number of hydrogen-bond acceptors (Lipinski definition) is 6. The van der Waals surface area contributed by atoms with Gasteiger partial charge >= 0.3 is 6.03 Å². The number of hydrogen-bond donors (Lipinski definition) is 3. The average Bonchev–Trinajstić information content (AvgIpc) is 3.35. The minimum Gasteiger partial charge on any atom is -0.371 e. The van der Waals surface area contributed by atoms with E-state index < -0.39 is 28.9 Å². The normalized spacial score (nSPS) is 27.0. The lowest BCUT2D eigenvalue weighted by Gasteiger charge is -2.50. The zero-order valence-corrected chi connectivity index (χ0v) is 26.9. The minimum absolute atomic E-state index is 0.0106. The number of carbonyl (C=O) groups excluding carboxylic acids is 4. The first-order chi connectivity index (χ1) is 22.6. The van der Waals surface area contributed by atoms with Crippen molar-refractivity contribution in [2.75, 3.05) is 38.5 Å². The number of fused-ring (bicyclic) bond motifs is 3. The molecule has 5 atom stereocenters. The fraction of sp³-hybridized carbons (Fsp3) is 0.457. The molecule has 1 unspecified atom stereocenters. The smallest absolute Gasteiger partial charge is 0.321 e. The second kappa shape index (κ2) is 11.8. The average molecular weight is 640 g/mol. The number of nitrogens with one attached hydrogen (secondary N) is 3. The first-order valence-electron chi connectivity index (χ1n) is 16.2. The number of amides is 5. The molecular weight excluding hydrogens is 598 g/mol. The molecule has 0 radical (unpaired) electrons. The molecule has 8 rings (SSSR count). The Hall–Kier alpha value is -4.71. The monoisotopic (exact) mass is 639 g/mol. The molecule has 12 nitrogen and oxygen atoms in total. The van der Waals surface area contributed by atoms with Crippen molar-refractivity contribution in [2.24, 2.45) is 28.6 Å². The molecule has 3 N–H and O–H groups in total. The van der Waals surface area contributed by atoms with E-state index in [1.165, 1.54) is 7.05 Å². The molecule has 3 aromatic rings. The van der Waals surface area contributed by atoms with E-state index in [1.54, 1.807) is 22.0 Å². The van der Waals surface area contributed by atoms with Gasteiger partial charge in [-0.1, -0.05) is 74.5 Å². The van der Waals surface area contributed by atoms with Gasteiger partial charge in [-0.15, -0.1) is 0 Å². The van der Waals surface area contributed by atoms with E-state index in [2.05, 4.69) is 21.0 Å². The molecule has 5 amide bonds. The molecule has 2 bridgehead atoms. The predicted octanol–water partition coefficient (Wildman–Crippen LogP) is 2.33. The van der Waals surface area contributed by atoms with E-state index in [0.717, 1.165) is 11.1 Å². The number of urea groups is 1. The van der Waals surface area contributed by atoms with Crippen LogP contribution in [-0.2, 0) is 32.3 Å². The molecule has 4 aliphatic heterocycles. The summed E-state index contributed by atoms with van der Waals surface area (Å²) < 4.78 is 8.21. The van der Waals surface area contributed by atoms with E-state index in [1.807, 2.05) is 79.4 Å². The van der Waals surface area contributed by atoms with Gasteiger partial charge in [0, 0.05) is 56.7 Å². The Morgan fingerprint density at radius 2 is 1.68 bits per heavy atom. The lowest BCUT2D eigenvalue weighted by Crippen LogP contribution is -2.65. The van der Waals surface area contributed by atoms with Crippen molar-refractivity contribution in [3.63, 3.8) is 0 Å². The topological polar surface area (TPSA) is 138 Å². The van der Waals surface area contributed by atoms with Crippen LogP contribution in [-0.4, -0.2) is 88.7 Å². The molecule has 5 aliphatic rings. The van der Waals surface area contributed by atoms with Gasteiger partial charge in [0.1, 0.15) is 6.04 Å². The van der Waals surface area contributed by atoms with Gasteiger partial charge in [-0.3, -0.25) is 19.1 Å². The van der Waals surface area contributed by atoms with Crippen LogP contribution in [0.4, 0.5) is 10.5 Å². The van der Waals surface area contributed by atoms with Gasteiger partial charge in [0.25, 0.3) is 0 Å². The highest BCUT2D eigenvalue weighted by atomic mass is 16.5. The Morgan fingerprint density at radius 1 is 1.00 bits per heavy atom. The summed E-state index contributed by atoms with van der Waals surface area (Å²) in [6.45, 7) is 6.07. The third-order valence-electron chi connectivity index (χ3n) is 10.6. The number of benzene rings is 2. The molecule has 246 valence electrons. The third-order valence-corrected chi connectivity index (χ3v) is 10.6. The van der Waals surface area contributed by atoms with Crippen LogP contribution in [0.3, 0.4) is 0 Å². The van der Waals surface area contributed by atoms with E-state index in [4.69, 9.17) is 4.74 Å². The zero-order valence-electron chi connectivity index (χ0n) is 26.9. The summed E-state index contributed by atoms with van der Waals surface area (Å²) in [5.74, 6) is -1.91. The van der Waals surface area contributed by atoms with Crippen LogP contribution in [0, 0.1) is 28.6 Å². The molecule has 1 spiro atoms. The Balaban J connectivity index is 1.11.